The van der Waals surface area contributed by atoms with Crippen LogP contribution in [-0.2, 0) is 6.42 Å². The van der Waals surface area contributed by atoms with Gasteiger partial charge in [0, 0.05) is 22.5 Å². The highest BCUT2D eigenvalue weighted by Gasteiger charge is 2.16. The van der Waals surface area contributed by atoms with Crippen LogP contribution in [0.15, 0.2) is 29.6 Å². The van der Waals surface area contributed by atoms with Gasteiger partial charge in [0.15, 0.2) is 0 Å². The van der Waals surface area contributed by atoms with E-state index in [-0.39, 0.29) is 5.91 Å². The molecule has 0 radical (unpaired) electrons. The van der Waals surface area contributed by atoms with E-state index in [9.17, 15) is 4.79 Å². The molecule has 1 heterocycles. The van der Waals surface area contributed by atoms with E-state index in [0.29, 0.717) is 6.04 Å². The summed E-state index contributed by atoms with van der Waals surface area (Å²) in [6.07, 6.45) is 6.95. The Kier molecular flexibility index (Phi) is 4.88. The summed E-state index contributed by atoms with van der Waals surface area (Å²) in [7, 11) is 0. The number of carbonyl (C=O) groups is 1. The van der Waals surface area contributed by atoms with Gasteiger partial charge in [-0.15, -0.1) is 11.3 Å². The first kappa shape index (κ1) is 15.2. The molecule has 1 aliphatic carbocycles. The Bertz CT molecular complexity index is 627. The predicted molar refractivity (Wildman–Crippen MR) is 91.3 cm³/mol. The normalized spacial score (nSPS) is 15.7. The summed E-state index contributed by atoms with van der Waals surface area (Å²) in [5.74, 6) is 0.0472. The minimum Gasteiger partial charge on any atom is -0.349 e. The minimum atomic E-state index is 0.0472. The van der Waals surface area contributed by atoms with Crippen molar-refractivity contribution in [3.63, 3.8) is 0 Å². The van der Waals surface area contributed by atoms with Gasteiger partial charge in [-0.3, -0.25) is 4.79 Å². The van der Waals surface area contributed by atoms with Gasteiger partial charge in [-0.2, -0.15) is 0 Å². The average molecular weight is 314 g/mol. The number of aryl methyl sites for hydroxylation is 1. The Morgan fingerprint density at radius 1 is 1.23 bits per heavy atom. The zero-order chi connectivity index (χ0) is 15.4. The lowest BCUT2D eigenvalue weighted by atomic mass is 9.95. The Morgan fingerprint density at radius 3 is 2.59 bits per heavy atom. The second-order valence-electron chi connectivity index (χ2n) is 5.87. The zero-order valence-electron chi connectivity index (χ0n) is 13.0. The van der Waals surface area contributed by atoms with E-state index in [1.54, 1.807) is 11.3 Å². The summed E-state index contributed by atoms with van der Waals surface area (Å²) in [5, 5.41) is 6.38. The standard InChI is InChI=1S/C18H22N2OS/c1-2-17-20-16(12-22-17)13-8-10-14(11-9-13)18(21)19-15-6-4-3-5-7-15/h8-12,15H,2-7H2,1H3,(H,19,21). The molecule has 1 aliphatic rings. The number of aromatic nitrogens is 1. The van der Waals surface area contributed by atoms with Gasteiger partial charge < -0.3 is 5.32 Å². The number of rotatable bonds is 4. The fraction of sp³-hybridized carbons (Fsp3) is 0.444. The summed E-state index contributed by atoms with van der Waals surface area (Å²) in [6, 6.07) is 8.14. The van der Waals surface area contributed by atoms with E-state index in [1.165, 1.54) is 19.3 Å². The third kappa shape index (κ3) is 3.55. The molecule has 3 nitrogen and oxygen atoms in total. The van der Waals surface area contributed by atoms with E-state index < -0.39 is 0 Å². The van der Waals surface area contributed by atoms with Gasteiger partial charge in [0.2, 0.25) is 0 Å². The van der Waals surface area contributed by atoms with Crippen LogP contribution in [0.25, 0.3) is 11.3 Å². The largest absolute Gasteiger partial charge is 0.349 e. The van der Waals surface area contributed by atoms with Crippen molar-refractivity contribution in [2.24, 2.45) is 0 Å². The Morgan fingerprint density at radius 2 is 1.95 bits per heavy atom. The average Bonchev–Trinajstić information content (AvgIpc) is 3.05. The molecular weight excluding hydrogens is 292 g/mol. The van der Waals surface area contributed by atoms with Crippen LogP contribution in [0, 0.1) is 0 Å². The summed E-state index contributed by atoms with van der Waals surface area (Å²) in [5.41, 5.74) is 2.81. The lowest BCUT2D eigenvalue weighted by Gasteiger charge is -2.22. The van der Waals surface area contributed by atoms with Crippen LogP contribution in [0.4, 0.5) is 0 Å². The zero-order valence-corrected chi connectivity index (χ0v) is 13.8. The van der Waals surface area contributed by atoms with Gasteiger partial charge in [0.25, 0.3) is 5.91 Å². The van der Waals surface area contributed by atoms with Gasteiger partial charge in [0.05, 0.1) is 10.7 Å². The third-order valence-corrected chi connectivity index (χ3v) is 5.23. The van der Waals surface area contributed by atoms with Gasteiger partial charge >= 0.3 is 0 Å². The molecule has 2 aromatic rings. The van der Waals surface area contributed by atoms with Crippen molar-refractivity contribution in [3.8, 4) is 11.3 Å². The molecule has 4 heteroatoms. The van der Waals surface area contributed by atoms with Crippen molar-refractivity contribution in [1.82, 2.24) is 10.3 Å². The maximum Gasteiger partial charge on any atom is 0.251 e. The number of amides is 1. The summed E-state index contributed by atoms with van der Waals surface area (Å²) in [6.45, 7) is 2.11. The smallest absolute Gasteiger partial charge is 0.251 e. The highest BCUT2D eigenvalue weighted by molar-refractivity contribution is 7.09. The van der Waals surface area contributed by atoms with Crippen molar-refractivity contribution in [2.45, 2.75) is 51.5 Å². The second-order valence-corrected chi connectivity index (χ2v) is 6.81. The fourth-order valence-corrected chi connectivity index (χ4v) is 3.67. The van der Waals surface area contributed by atoms with E-state index in [1.807, 2.05) is 24.3 Å². The number of thiazole rings is 1. The van der Waals surface area contributed by atoms with Crippen molar-refractivity contribution >= 4 is 17.2 Å². The van der Waals surface area contributed by atoms with Gasteiger partial charge in [-0.05, 0) is 31.4 Å². The molecule has 1 saturated carbocycles. The summed E-state index contributed by atoms with van der Waals surface area (Å²) < 4.78 is 0. The van der Waals surface area contributed by atoms with Gasteiger partial charge in [0.1, 0.15) is 0 Å². The van der Waals surface area contributed by atoms with E-state index in [2.05, 4.69) is 22.6 Å². The topological polar surface area (TPSA) is 42.0 Å². The van der Waals surface area contributed by atoms with E-state index >= 15 is 0 Å². The SMILES string of the molecule is CCc1nc(-c2ccc(C(=O)NC3CCCCC3)cc2)cs1. The van der Waals surface area contributed by atoms with Crippen LogP contribution < -0.4 is 5.32 Å². The molecule has 1 fully saturated rings. The number of hydrogen-bond acceptors (Lipinski definition) is 3. The van der Waals surface area contributed by atoms with Crippen molar-refractivity contribution in [3.05, 3.63) is 40.2 Å². The molecule has 0 aliphatic heterocycles. The van der Waals surface area contributed by atoms with Crippen LogP contribution in [0.1, 0.15) is 54.4 Å². The quantitative estimate of drug-likeness (QED) is 0.906. The highest BCUT2D eigenvalue weighted by Crippen LogP contribution is 2.23. The molecule has 0 spiro atoms. The molecule has 1 aromatic carbocycles. The van der Waals surface area contributed by atoms with Crippen LogP contribution >= 0.6 is 11.3 Å². The van der Waals surface area contributed by atoms with Crippen LogP contribution in [0.3, 0.4) is 0 Å². The molecular formula is C18H22N2OS. The first-order chi connectivity index (χ1) is 10.8. The molecule has 0 saturated heterocycles. The third-order valence-electron chi connectivity index (χ3n) is 4.24. The van der Waals surface area contributed by atoms with Crippen molar-refractivity contribution < 1.29 is 4.79 Å². The maximum atomic E-state index is 12.3. The molecule has 22 heavy (non-hydrogen) atoms. The lowest BCUT2D eigenvalue weighted by Crippen LogP contribution is -2.36. The number of hydrogen-bond donors (Lipinski definition) is 1. The first-order valence-electron chi connectivity index (χ1n) is 8.12. The molecule has 116 valence electrons. The number of benzene rings is 1. The Balaban J connectivity index is 1.66. The number of nitrogens with zero attached hydrogens (tertiary/aromatic N) is 1. The van der Waals surface area contributed by atoms with Gasteiger partial charge in [-0.25, -0.2) is 4.98 Å². The second kappa shape index (κ2) is 7.05. The van der Waals surface area contributed by atoms with Crippen LogP contribution in [-0.4, -0.2) is 16.9 Å². The Hall–Kier alpha value is -1.68. The highest BCUT2D eigenvalue weighted by atomic mass is 32.1. The van der Waals surface area contributed by atoms with Crippen molar-refractivity contribution in [2.75, 3.05) is 0 Å². The molecule has 1 N–H and O–H groups in total. The van der Waals surface area contributed by atoms with Crippen molar-refractivity contribution in [1.29, 1.82) is 0 Å². The molecule has 3 rings (SSSR count). The predicted octanol–water partition coefficient (Wildman–Crippen LogP) is 4.44. The minimum absolute atomic E-state index is 0.0472. The molecule has 0 unspecified atom stereocenters. The van der Waals surface area contributed by atoms with E-state index in [0.717, 1.165) is 41.1 Å². The lowest BCUT2D eigenvalue weighted by molar-refractivity contribution is 0.0928. The number of carbonyl (C=O) groups excluding carboxylic acids is 1. The molecule has 1 amide bonds. The van der Waals surface area contributed by atoms with Crippen LogP contribution in [0.5, 0.6) is 0 Å². The number of nitrogens with one attached hydrogen (secondary N) is 1. The summed E-state index contributed by atoms with van der Waals surface area (Å²) in [4.78, 5) is 16.9. The van der Waals surface area contributed by atoms with Gasteiger partial charge in [-0.1, -0.05) is 38.3 Å². The molecule has 1 aromatic heterocycles. The first-order valence-corrected chi connectivity index (χ1v) is 9.00. The summed E-state index contributed by atoms with van der Waals surface area (Å²) >= 11 is 1.69. The fourth-order valence-electron chi connectivity index (χ4n) is 2.91. The van der Waals surface area contributed by atoms with E-state index in [4.69, 9.17) is 0 Å². The Labute approximate surface area is 135 Å². The van der Waals surface area contributed by atoms with Crippen LogP contribution in [0.2, 0.25) is 0 Å². The molecule has 0 atom stereocenters. The monoisotopic (exact) mass is 314 g/mol. The molecule has 0 bridgehead atoms. The maximum absolute atomic E-state index is 12.3.